The molecule has 0 radical (unpaired) electrons. The number of aromatic nitrogens is 2. The minimum atomic E-state index is -0.624. The van der Waals surface area contributed by atoms with Crippen molar-refractivity contribution in [1.29, 1.82) is 0 Å². The lowest BCUT2D eigenvalue weighted by Crippen LogP contribution is -2.01. The van der Waals surface area contributed by atoms with Crippen LogP contribution in [0.2, 0.25) is 0 Å². The minimum Gasteiger partial charge on any atom is -0.453 e. The molecule has 0 spiro atoms. The fraction of sp³-hybridized carbons (Fsp3) is 0.200. The number of aldehydes is 1. The Kier molecular flexibility index (Phi) is 2.91. The van der Waals surface area contributed by atoms with Crippen LogP contribution in [0.25, 0.3) is 22.4 Å². The summed E-state index contributed by atoms with van der Waals surface area (Å²) in [6.45, 7) is 1.69. The van der Waals surface area contributed by atoms with E-state index in [-0.39, 0.29) is 0 Å². The Labute approximate surface area is 115 Å². The van der Waals surface area contributed by atoms with E-state index in [1.165, 1.54) is 0 Å². The number of fused-ring (bicyclic) bond motifs is 1. The molecule has 0 saturated carbocycles. The van der Waals surface area contributed by atoms with Crippen LogP contribution in [0.5, 0.6) is 0 Å². The van der Waals surface area contributed by atoms with Crippen LogP contribution in [-0.2, 0) is 7.05 Å². The van der Waals surface area contributed by atoms with E-state index in [4.69, 9.17) is 4.42 Å². The summed E-state index contributed by atoms with van der Waals surface area (Å²) in [5.74, 6) is 1.54. The summed E-state index contributed by atoms with van der Waals surface area (Å²) < 4.78 is 7.26. The van der Waals surface area contributed by atoms with Crippen LogP contribution < -0.4 is 0 Å². The molecule has 0 aliphatic carbocycles. The number of furan rings is 1. The standard InChI is InChI=1S/C15H14N2O3/c1-9(19)15-16-12-7-10(3-5-13(12)17(15)2)14-6-4-11(8-18)20-14/h3-9,19H,1-2H3. The molecule has 3 aromatic rings. The van der Waals surface area contributed by atoms with E-state index >= 15 is 0 Å². The third kappa shape index (κ3) is 1.92. The fourth-order valence-electron chi connectivity index (χ4n) is 2.32. The summed E-state index contributed by atoms with van der Waals surface area (Å²) in [6, 6.07) is 9.10. The van der Waals surface area contributed by atoms with Crippen LogP contribution in [0.15, 0.2) is 34.7 Å². The number of imidazole rings is 1. The van der Waals surface area contributed by atoms with Gasteiger partial charge < -0.3 is 14.1 Å². The van der Waals surface area contributed by atoms with Gasteiger partial charge in [-0.2, -0.15) is 0 Å². The van der Waals surface area contributed by atoms with Gasteiger partial charge in [-0.05, 0) is 37.3 Å². The maximum absolute atomic E-state index is 10.6. The van der Waals surface area contributed by atoms with E-state index in [0.29, 0.717) is 23.6 Å². The van der Waals surface area contributed by atoms with Crippen LogP contribution in [0.1, 0.15) is 29.4 Å². The molecule has 2 aromatic heterocycles. The topological polar surface area (TPSA) is 68.3 Å². The molecule has 0 saturated heterocycles. The molecular weight excluding hydrogens is 256 g/mol. The molecule has 5 heteroatoms. The van der Waals surface area contributed by atoms with E-state index < -0.39 is 6.10 Å². The predicted molar refractivity (Wildman–Crippen MR) is 74.4 cm³/mol. The Morgan fingerprint density at radius 3 is 2.80 bits per heavy atom. The highest BCUT2D eigenvalue weighted by Crippen LogP contribution is 2.27. The number of nitrogens with zero attached hydrogens (tertiary/aromatic N) is 2. The van der Waals surface area contributed by atoms with Crippen LogP contribution in [-0.4, -0.2) is 20.9 Å². The lowest BCUT2D eigenvalue weighted by atomic mass is 10.1. The second kappa shape index (κ2) is 4.61. The lowest BCUT2D eigenvalue weighted by molar-refractivity contribution is 0.110. The van der Waals surface area contributed by atoms with Gasteiger partial charge in [-0.3, -0.25) is 4.79 Å². The lowest BCUT2D eigenvalue weighted by Gasteiger charge is -2.03. The summed E-state index contributed by atoms with van der Waals surface area (Å²) in [7, 11) is 1.87. The molecular formula is C15H14N2O3. The van der Waals surface area contributed by atoms with E-state index in [1.807, 2.05) is 29.8 Å². The van der Waals surface area contributed by atoms with Crippen molar-refractivity contribution in [1.82, 2.24) is 9.55 Å². The molecule has 0 fully saturated rings. The zero-order valence-electron chi connectivity index (χ0n) is 11.2. The molecule has 0 amide bonds. The Bertz CT molecular complexity index is 784. The van der Waals surface area contributed by atoms with Crippen molar-refractivity contribution in [3.05, 3.63) is 41.9 Å². The number of aliphatic hydroxyl groups excluding tert-OH is 1. The molecule has 0 aliphatic heterocycles. The van der Waals surface area contributed by atoms with E-state index in [9.17, 15) is 9.90 Å². The highest BCUT2D eigenvalue weighted by Gasteiger charge is 2.13. The highest BCUT2D eigenvalue weighted by atomic mass is 16.3. The fourth-order valence-corrected chi connectivity index (χ4v) is 2.32. The van der Waals surface area contributed by atoms with E-state index in [1.54, 1.807) is 19.1 Å². The Morgan fingerprint density at radius 1 is 1.35 bits per heavy atom. The number of carbonyl (C=O) groups is 1. The van der Waals surface area contributed by atoms with Crippen LogP contribution in [0.3, 0.4) is 0 Å². The molecule has 1 aromatic carbocycles. The van der Waals surface area contributed by atoms with Gasteiger partial charge >= 0.3 is 0 Å². The van der Waals surface area contributed by atoms with Crippen molar-refractivity contribution in [2.45, 2.75) is 13.0 Å². The van der Waals surface area contributed by atoms with Gasteiger partial charge in [0.15, 0.2) is 12.0 Å². The zero-order chi connectivity index (χ0) is 14.3. The molecule has 102 valence electrons. The molecule has 5 nitrogen and oxygen atoms in total. The summed E-state index contributed by atoms with van der Waals surface area (Å²) in [4.78, 5) is 15.1. The first-order valence-electron chi connectivity index (χ1n) is 6.30. The van der Waals surface area contributed by atoms with Gasteiger partial charge in [0, 0.05) is 12.6 Å². The molecule has 2 heterocycles. The van der Waals surface area contributed by atoms with Gasteiger partial charge in [0.05, 0.1) is 11.0 Å². The second-order valence-corrected chi connectivity index (χ2v) is 4.73. The maximum atomic E-state index is 10.6. The quantitative estimate of drug-likeness (QED) is 0.743. The summed E-state index contributed by atoms with van der Waals surface area (Å²) in [6.07, 6.45) is 0.0510. The summed E-state index contributed by atoms with van der Waals surface area (Å²) in [5.41, 5.74) is 2.57. The molecule has 1 N–H and O–H groups in total. The van der Waals surface area contributed by atoms with Gasteiger partial charge in [-0.15, -0.1) is 0 Å². The monoisotopic (exact) mass is 270 g/mol. The van der Waals surface area contributed by atoms with Gasteiger partial charge in [0.2, 0.25) is 0 Å². The highest BCUT2D eigenvalue weighted by molar-refractivity contribution is 5.82. The largest absolute Gasteiger partial charge is 0.453 e. The van der Waals surface area contributed by atoms with Crippen molar-refractivity contribution < 1.29 is 14.3 Å². The summed E-state index contributed by atoms with van der Waals surface area (Å²) >= 11 is 0. The molecule has 0 bridgehead atoms. The van der Waals surface area contributed by atoms with Crippen molar-refractivity contribution in [2.24, 2.45) is 7.05 Å². The van der Waals surface area contributed by atoms with Crippen molar-refractivity contribution in [2.75, 3.05) is 0 Å². The normalized spacial score (nSPS) is 12.8. The number of hydrogen-bond acceptors (Lipinski definition) is 4. The SMILES string of the molecule is CC(O)c1nc2cc(-c3ccc(C=O)o3)ccc2n1C. The Morgan fingerprint density at radius 2 is 2.15 bits per heavy atom. The number of aliphatic hydroxyl groups is 1. The molecule has 3 rings (SSSR count). The summed E-state index contributed by atoms with van der Waals surface area (Å²) in [5, 5.41) is 9.69. The average molecular weight is 270 g/mol. The molecule has 1 unspecified atom stereocenters. The number of aryl methyl sites for hydroxylation is 1. The first-order valence-corrected chi connectivity index (χ1v) is 6.30. The van der Waals surface area contributed by atoms with Gasteiger partial charge in [0.25, 0.3) is 0 Å². The van der Waals surface area contributed by atoms with E-state index in [0.717, 1.165) is 16.6 Å². The first-order chi connectivity index (χ1) is 9.60. The smallest absolute Gasteiger partial charge is 0.185 e. The van der Waals surface area contributed by atoms with Gasteiger partial charge in [-0.25, -0.2) is 4.98 Å². The number of benzene rings is 1. The Balaban J connectivity index is 2.13. The minimum absolute atomic E-state index is 0.297. The van der Waals surface area contributed by atoms with Crippen molar-refractivity contribution in [3.63, 3.8) is 0 Å². The van der Waals surface area contributed by atoms with E-state index in [2.05, 4.69) is 4.98 Å². The van der Waals surface area contributed by atoms with Crippen molar-refractivity contribution in [3.8, 4) is 11.3 Å². The maximum Gasteiger partial charge on any atom is 0.185 e. The molecule has 1 atom stereocenters. The zero-order valence-corrected chi connectivity index (χ0v) is 11.2. The third-order valence-corrected chi connectivity index (χ3v) is 3.32. The number of hydrogen-bond donors (Lipinski definition) is 1. The average Bonchev–Trinajstić information content (AvgIpc) is 3.03. The van der Waals surface area contributed by atoms with Gasteiger partial charge in [0.1, 0.15) is 17.7 Å². The van der Waals surface area contributed by atoms with Crippen LogP contribution >= 0.6 is 0 Å². The van der Waals surface area contributed by atoms with Crippen LogP contribution in [0, 0.1) is 0 Å². The first kappa shape index (κ1) is 12.6. The molecule has 0 aliphatic rings. The van der Waals surface area contributed by atoms with Crippen LogP contribution in [0.4, 0.5) is 0 Å². The molecule has 20 heavy (non-hydrogen) atoms. The Hall–Kier alpha value is -2.40. The number of rotatable bonds is 3. The second-order valence-electron chi connectivity index (χ2n) is 4.73. The third-order valence-electron chi connectivity index (χ3n) is 3.32. The number of carbonyl (C=O) groups excluding carboxylic acids is 1. The predicted octanol–water partition coefficient (Wildman–Crippen LogP) is 2.70. The van der Waals surface area contributed by atoms with Crippen molar-refractivity contribution >= 4 is 17.3 Å². The van der Waals surface area contributed by atoms with Gasteiger partial charge in [-0.1, -0.05) is 0 Å².